The van der Waals surface area contributed by atoms with E-state index in [9.17, 15) is 4.79 Å². The van der Waals surface area contributed by atoms with Gasteiger partial charge in [0.25, 0.3) is 0 Å². The number of hydrogen-bond acceptors (Lipinski definition) is 4. The lowest BCUT2D eigenvalue weighted by Gasteiger charge is -2.28. The predicted octanol–water partition coefficient (Wildman–Crippen LogP) is 2.76. The normalized spacial score (nSPS) is 24.6. The standard InChI is InChI=1S/C18H23N5O.ClH/c1-23-11-19-22-18(23)13-3-2-4-14(10-13)21-17(24)9-12-7-15-5-6-16(8-12)20-15;/h2-4,10-12,15-16,20H,5-9H2,1H3,(H,21,24);1H. The van der Waals surface area contributed by atoms with Crippen LogP contribution >= 0.6 is 12.4 Å². The van der Waals surface area contributed by atoms with E-state index in [-0.39, 0.29) is 18.3 Å². The maximum atomic E-state index is 12.4. The van der Waals surface area contributed by atoms with Crippen molar-refractivity contribution in [2.24, 2.45) is 13.0 Å². The molecule has 2 bridgehead atoms. The second kappa shape index (κ2) is 7.54. The smallest absolute Gasteiger partial charge is 0.224 e. The van der Waals surface area contributed by atoms with Gasteiger partial charge in [-0.3, -0.25) is 4.79 Å². The van der Waals surface area contributed by atoms with Crippen LogP contribution in [0.25, 0.3) is 11.4 Å². The molecule has 2 atom stereocenters. The van der Waals surface area contributed by atoms with E-state index in [4.69, 9.17) is 0 Å². The molecule has 2 N–H and O–H groups in total. The van der Waals surface area contributed by atoms with E-state index < -0.39 is 0 Å². The van der Waals surface area contributed by atoms with Gasteiger partial charge in [-0.05, 0) is 43.7 Å². The van der Waals surface area contributed by atoms with Crippen LogP contribution in [0, 0.1) is 5.92 Å². The topological polar surface area (TPSA) is 71.8 Å². The number of nitrogens with zero attached hydrogens (tertiary/aromatic N) is 3. The Morgan fingerprint density at radius 3 is 2.76 bits per heavy atom. The van der Waals surface area contributed by atoms with Gasteiger partial charge in [0.15, 0.2) is 5.82 Å². The molecule has 0 saturated carbocycles. The van der Waals surface area contributed by atoms with Gasteiger partial charge in [0.1, 0.15) is 6.33 Å². The number of hydrogen-bond donors (Lipinski definition) is 2. The first kappa shape index (κ1) is 17.9. The van der Waals surface area contributed by atoms with Crippen LogP contribution in [0.5, 0.6) is 0 Å². The molecular weight excluding hydrogens is 338 g/mol. The fourth-order valence-corrected chi connectivity index (χ4v) is 4.10. The Labute approximate surface area is 153 Å². The van der Waals surface area contributed by atoms with E-state index in [1.165, 1.54) is 12.8 Å². The summed E-state index contributed by atoms with van der Waals surface area (Å²) in [5.74, 6) is 1.41. The van der Waals surface area contributed by atoms with Crippen LogP contribution in [-0.2, 0) is 11.8 Å². The molecule has 134 valence electrons. The molecular formula is C18H24ClN5O. The van der Waals surface area contributed by atoms with Crippen molar-refractivity contribution in [3.63, 3.8) is 0 Å². The summed E-state index contributed by atoms with van der Waals surface area (Å²) in [5, 5.41) is 14.7. The molecule has 2 aliphatic heterocycles. The Bertz CT molecular complexity index is 735. The third-order valence-corrected chi connectivity index (χ3v) is 5.16. The first-order valence-electron chi connectivity index (χ1n) is 8.67. The van der Waals surface area contributed by atoms with Crippen molar-refractivity contribution in [3.8, 4) is 11.4 Å². The van der Waals surface area contributed by atoms with Gasteiger partial charge in [-0.15, -0.1) is 22.6 Å². The molecule has 0 radical (unpaired) electrons. The van der Waals surface area contributed by atoms with E-state index >= 15 is 0 Å². The minimum Gasteiger partial charge on any atom is -0.326 e. The molecule has 0 aliphatic carbocycles. The fourth-order valence-electron chi connectivity index (χ4n) is 4.10. The summed E-state index contributed by atoms with van der Waals surface area (Å²) in [5.41, 5.74) is 1.77. The van der Waals surface area contributed by atoms with E-state index in [2.05, 4.69) is 20.8 Å². The third-order valence-electron chi connectivity index (χ3n) is 5.16. The highest BCUT2D eigenvalue weighted by Gasteiger charge is 2.34. The zero-order chi connectivity index (χ0) is 16.5. The molecule has 2 aliphatic rings. The van der Waals surface area contributed by atoms with Crippen molar-refractivity contribution in [2.75, 3.05) is 5.32 Å². The van der Waals surface area contributed by atoms with Crippen molar-refractivity contribution in [1.82, 2.24) is 20.1 Å². The van der Waals surface area contributed by atoms with Crippen molar-refractivity contribution >= 4 is 24.0 Å². The number of fused-ring (bicyclic) bond motifs is 2. The Morgan fingerprint density at radius 2 is 2.08 bits per heavy atom. The lowest BCUT2D eigenvalue weighted by Crippen LogP contribution is -2.39. The molecule has 2 aromatic rings. The first-order valence-corrected chi connectivity index (χ1v) is 8.67. The lowest BCUT2D eigenvalue weighted by atomic mass is 9.89. The Kier molecular flexibility index (Phi) is 5.39. The number of piperidine rings is 1. The molecule has 25 heavy (non-hydrogen) atoms. The number of carbonyl (C=O) groups excluding carboxylic acids is 1. The SMILES string of the molecule is Cl.Cn1cnnc1-c1cccc(NC(=O)CC2CC3CCC(C2)N3)c1. The predicted molar refractivity (Wildman–Crippen MR) is 99.6 cm³/mol. The Balaban J connectivity index is 0.00000182. The number of halogens is 1. The molecule has 3 heterocycles. The van der Waals surface area contributed by atoms with E-state index in [0.29, 0.717) is 24.4 Å². The van der Waals surface area contributed by atoms with Gasteiger partial charge in [-0.2, -0.15) is 0 Å². The van der Waals surface area contributed by atoms with Crippen molar-refractivity contribution in [1.29, 1.82) is 0 Å². The second-order valence-corrected chi connectivity index (χ2v) is 7.07. The third kappa shape index (κ3) is 4.02. The van der Waals surface area contributed by atoms with Crippen molar-refractivity contribution in [2.45, 2.75) is 44.2 Å². The number of nitrogens with one attached hydrogen (secondary N) is 2. The molecule has 1 amide bonds. The summed E-state index contributed by atoms with van der Waals surface area (Å²) in [6.45, 7) is 0. The second-order valence-electron chi connectivity index (χ2n) is 7.07. The maximum absolute atomic E-state index is 12.4. The molecule has 6 nitrogen and oxygen atoms in total. The molecule has 2 saturated heterocycles. The molecule has 2 unspecified atom stereocenters. The molecule has 4 rings (SSSR count). The summed E-state index contributed by atoms with van der Waals surface area (Å²) in [6, 6.07) is 9.04. The van der Waals surface area contributed by atoms with Crippen LogP contribution in [0.2, 0.25) is 0 Å². The van der Waals surface area contributed by atoms with Crippen LogP contribution in [0.3, 0.4) is 0 Å². The van der Waals surface area contributed by atoms with Crippen LogP contribution in [0.1, 0.15) is 32.1 Å². The zero-order valence-electron chi connectivity index (χ0n) is 14.3. The van der Waals surface area contributed by atoms with Crippen LogP contribution in [-0.4, -0.2) is 32.8 Å². The van der Waals surface area contributed by atoms with Crippen LogP contribution in [0.15, 0.2) is 30.6 Å². The van der Waals surface area contributed by atoms with Gasteiger partial charge in [-0.1, -0.05) is 12.1 Å². The maximum Gasteiger partial charge on any atom is 0.224 e. The quantitative estimate of drug-likeness (QED) is 0.878. The van der Waals surface area contributed by atoms with Gasteiger partial charge >= 0.3 is 0 Å². The Hall–Kier alpha value is -1.92. The highest BCUT2D eigenvalue weighted by atomic mass is 35.5. The monoisotopic (exact) mass is 361 g/mol. The highest BCUT2D eigenvalue weighted by molar-refractivity contribution is 5.91. The van der Waals surface area contributed by atoms with E-state index in [1.807, 2.05) is 35.9 Å². The number of benzene rings is 1. The van der Waals surface area contributed by atoms with Crippen molar-refractivity contribution < 1.29 is 4.79 Å². The number of rotatable bonds is 4. The summed E-state index contributed by atoms with van der Waals surface area (Å²) >= 11 is 0. The number of aryl methyl sites for hydroxylation is 1. The van der Waals surface area contributed by atoms with Gasteiger partial charge < -0.3 is 15.2 Å². The number of anilines is 1. The summed E-state index contributed by atoms with van der Waals surface area (Å²) in [4.78, 5) is 12.4. The minimum atomic E-state index is 0. The zero-order valence-corrected chi connectivity index (χ0v) is 15.1. The van der Waals surface area contributed by atoms with Crippen molar-refractivity contribution in [3.05, 3.63) is 30.6 Å². The number of carbonyl (C=O) groups is 1. The molecule has 0 spiro atoms. The van der Waals surface area contributed by atoms with Crippen LogP contribution in [0.4, 0.5) is 5.69 Å². The van der Waals surface area contributed by atoms with Gasteiger partial charge in [-0.25, -0.2) is 0 Å². The summed E-state index contributed by atoms with van der Waals surface area (Å²) < 4.78 is 1.87. The average molecular weight is 362 g/mol. The molecule has 1 aromatic heterocycles. The fraction of sp³-hybridized carbons (Fsp3) is 0.500. The van der Waals surface area contributed by atoms with E-state index in [1.54, 1.807) is 6.33 Å². The summed E-state index contributed by atoms with van der Waals surface area (Å²) in [6.07, 6.45) is 7.08. The van der Waals surface area contributed by atoms with Gasteiger partial charge in [0.2, 0.25) is 5.91 Å². The highest BCUT2D eigenvalue weighted by Crippen LogP contribution is 2.33. The van der Waals surface area contributed by atoms with Crippen LogP contribution < -0.4 is 10.6 Å². The van der Waals surface area contributed by atoms with Gasteiger partial charge in [0, 0.05) is 36.8 Å². The van der Waals surface area contributed by atoms with Gasteiger partial charge in [0.05, 0.1) is 0 Å². The lowest BCUT2D eigenvalue weighted by molar-refractivity contribution is -0.117. The number of aromatic nitrogens is 3. The molecule has 1 aromatic carbocycles. The largest absolute Gasteiger partial charge is 0.326 e. The molecule has 7 heteroatoms. The summed E-state index contributed by atoms with van der Waals surface area (Å²) in [7, 11) is 1.91. The Morgan fingerprint density at radius 1 is 1.32 bits per heavy atom. The van der Waals surface area contributed by atoms with E-state index in [0.717, 1.165) is 29.9 Å². The molecule has 2 fully saturated rings. The number of amides is 1. The minimum absolute atomic E-state index is 0. The first-order chi connectivity index (χ1) is 11.7. The average Bonchev–Trinajstić information content (AvgIpc) is 3.13.